The monoisotopic (exact) mass is 391 g/mol. The van der Waals surface area contributed by atoms with E-state index < -0.39 is 5.82 Å². The molecule has 26 heavy (non-hydrogen) atoms. The smallest absolute Gasteiger partial charge is 0.233 e. The van der Waals surface area contributed by atoms with Gasteiger partial charge >= 0.3 is 0 Å². The maximum Gasteiger partial charge on any atom is 0.233 e. The first-order valence-corrected chi connectivity index (χ1v) is 9.30. The molecule has 136 valence electrons. The minimum Gasteiger partial charge on any atom is -0.341 e. The first-order chi connectivity index (χ1) is 12.3. The summed E-state index contributed by atoms with van der Waals surface area (Å²) in [6, 6.07) is 6.59. The number of nitrogens with zero attached hydrogens (tertiary/aromatic N) is 3. The molecule has 0 spiro atoms. The Bertz CT molecular complexity index is 875. The van der Waals surface area contributed by atoms with Gasteiger partial charge in [0.2, 0.25) is 5.91 Å². The summed E-state index contributed by atoms with van der Waals surface area (Å²) in [6.45, 7) is 5.75. The van der Waals surface area contributed by atoms with Crippen molar-refractivity contribution in [2.24, 2.45) is 0 Å². The number of rotatable bonds is 5. The Balaban J connectivity index is 2.11. The fraction of sp³-hybridized carbons (Fsp3) is 0.316. The summed E-state index contributed by atoms with van der Waals surface area (Å²) in [6.07, 6.45) is 0. The summed E-state index contributed by atoms with van der Waals surface area (Å²) in [7, 11) is 1.59. The van der Waals surface area contributed by atoms with Gasteiger partial charge in [-0.05, 0) is 44.0 Å². The number of carbonyl (C=O) groups is 1. The molecule has 0 aliphatic heterocycles. The Morgan fingerprint density at radius 3 is 2.65 bits per heavy atom. The Hall–Kier alpha value is -2.10. The third-order valence-electron chi connectivity index (χ3n) is 4.29. The molecule has 1 aromatic carbocycles. The molecule has 0 saturated heterocycles. The highest BCUT2D eigenvalue weighted by atomic mass is 35.5. The second-order valence-corrected chi connectivity index (χ2v) is 7.35. The summed E-state index contributed by atoms with van der Waals surface area (Å²) >= 11 is 7.22. The van der Waals surface area contributed by atoms with Crippen LogP contribution in [0.5, 0.6) is 0 Å². The lowest BCUT2D eigenvalue weighted by Crippen LogP contribution is -2.28. The third kappa shape index (κ3) is 4.35. The van der Waals surface area contributed by atoms with Crippen molar-refractivity contribution >= 4 is 29.3 Å². The van der Waals surface area contributed by atoms with E-state index in [1.165, 1.54) is 28.8 Å². The number of pyridine rings is 1. The van der Waals surface area contributed by atoms with E-state index in [2.05, 4.69) is 11.1 Å². The van der Waals surface area contributed by atoms with Crippen LogP contribution in [0.4, 0.5) is 4.39 Å². The molecule has 2 aromatic rings. The van der Waals surface area contributed by atoms with Gasteiger partial charge in [0.05, 0.1) is 11.3 Å². The van der Waals surface area contributed by atoms with E-state index in [4.69, 9.17) is 11.6 Å². The molecule has 1 amide bonds. The lowest BCUT2D eigenvalue weighted by molar-refractivity contribution is -0.127. The van der Waals surface area contributed by atoms with E-state index in [1.807, 2.05) is 20.8 Å². The number of aromatic nitrogens is 1. The second-order valence-electron chi connectivity index (χ2n) is 5.98. The molecule has 0 atom stereocenters. The lowest BCUT2D eigenvalue weighted by atomic mass is 10.1. The number of halogens is 2. The quantitative estimate of drug-likeness (QED) is 0.708. The first kappa shape index (κ1) is 20.2. The highest BCUT2D eigenvalue weighted by Crippen LogP contribution is 2.27. The molecular weight excluding hydrogens is 373 g/mol. The van der Waals surface area contributed by atoms with Gasteiger partial charge in [-0.1, -0.05) is 29.4 Å². The predicted molar refractivity (Wildman–Crippen MR) is 102 cm³/mol. The van der Waals surface area contributed by atoms with Crippen molar-refractivity contribution < 1.29 is 9.18 Å². The summed E-state index contributed by atoms with van der Waals surface area (Å²) in [5.41, 5.74) is 3.46. The van der Waals surface area contributed by atoms with Crippen molar-refractivity contribution in [3.8, 4) is 6.07 Å². The van der Waals surface area contributed by atoms with Gasteiger partial charge in [-0.2, -0.15) is 5.26 Å². The van der Waals surface area contributed by atoms with E-state index in [0.717, 1.165) is 16.8 Å². The van der Waals surface area contributed by atoms with Gasteiger partial charge in [-0.25, -0.2) is 9.37 Å². The van der Waals surface area contributed by atoms with Gasteiger partial charge in [0.15, 0.2) is 0 Å². The van der Waals surface area contributed by atoms with Gasteiger partial charge in [0.25, 0.3) is 0 Å². The van der Waals surface area contributed by atoms with Crippen molar-refractivity contribution in [1.29, 1.82) is 5.26 Å². The Morgan fingerprint density at radius 2 is 2.04 bits per heavy atom. The molecule has 0 N–H and O–H groups in total. The number of amides is 1. The van der Waals surface area contributed by atoms with Crippen molar-refractivity contribution in [2.75, 3.05) is 12.8 Å². The minimum atomic E-state index is -0.442. The molecule has 1 heterocycles. The number of carbonyl (C=O) groups excluding carboxylic acids is 1. The summed E-state index contributed by atoms with van der Waals surface area (Å²) in [4.78, 5) is 18.3. The molecule has 4 nitrogen and oxygen atoms in total. The van der Waals surface area contributed by atoms with Crippen LogP contribution in [0.25, 0.3) is 0 Å². The van der Waals surface area contributed by atoms with E-state index in [-0.39, 0.29) is 28.8 Å². The molecular formula is C19H19ClFN3OS. The number of thioether (sulfide) groups is 1. The summed E-state index contributed by atoms with van der Waals surface area (Å²) in [5.74, 6) is -0.537. The van der Waals surface area contributed by atoms with Gasteiger partial charge in [-0.15, -0.1) is 0 Å². The first-order valence-electron chi connectivity index (χ1n) is 7.93. The molecule has 1 aromatic heterocycles. The van der Waals surface area contributed by atoms with Gasteiger partial charge < -0.3 is 4.90 Å². The topological polar surface area (TPSA) is 57.0 Å². The van der Waals surface area contributed by atoms with Crippen LogP contribution in [0, 0.1) is 37.9 Å². The van der Waals surface area contributed by atoms with E-state index >= 15 is 0 Å². The van der Waals surface area contributed by atoms with Crippen LogP contribution in [0.15, 0.2) is 23.2 Å². The molecule has 2 rings (SSSR count). The highest BCUT2D eigenvalue weighted by molar-refractivity contribution is 8.00. The minimum absolute atomic E-state index is 0.0788. The fourth-order valence-electron chi connectivity index (χ4n) is 2.40. The largest absolute Gasteiger partial charge is 0.341 e. The average Bonchev–Trinajstić information content (AvgIpc) is 2.60. The van der Waals surface area contributed by atoms with Crippen molar-refractivity contribution in [1.82, 2.24) is 9.88 Å². The van der Waals surface area contributed by atoms with Crippen LogP contribution in [-0.2, 0) is 11.3 Å². The maximum absolute atomic E-state index is 13.9. The molecule has 7 heteroatoms. The normalized spacial score (nSPS) is 10.5. The standard InChI is InChI=1S/C19H19ClFN3OS/c1-11-12(2)14(8-22)19(23-13(11)3)26-10-18(25)24(4)9-15-16(20)6-5-7-17(15)21/h5-7H,9-10H2,1-4H3. The van der Waals surface area contributed by atoms with Crippen molar-refractivity contribution in [3.63, 3.8) is 0 Å². The van der Waals surface area contributed by atoms with Crippen LogP contribution in [-0.4, -0.2) is 28.6 Å². The summed E-state index contributed by atoms with van der Waals surface area (Å²) < 4.78 is 13.9. The van der Waals surface area contributed by atoms with Crippen LogP contribution < -0.4 is 0 Å². The SMILES string of the molecule is Cc1nc(SCC(=O)N(C)Cc2c(F)cccc2Cl)c(C#N)c(C)c1C. The predicted octanol–water partition coefficient (Wildman–Crippen LogP) is 4.42. The van der Waals surface area contributed by atoms with Crippen LogP contribution in [0.3, 0.4) is 0 Å². The van der Waals surface area contributed by atoms with E-state index in [0.29, 0.717) is 10.6 Å². The molecule has 0 saturated carbocycles. The number of nitriles is 1. The third-order valence-corrected chi connectivity index (χ3v) is 5.60. The molecule has 0 fully saturated rings. The Kier molecular flexibility index (Phi) is 6.63. The number of benzene rings is 1. The van der Waals surface area contributed by atoms with Crippen molar-refractivity contribution in [2.45, 2.75) is 32.3 Å². The Labute approximate surface area is 162 Å². The van der Waals surface area contributed by atoms with Gasteiger partial charge in [-0.3, -0.25) is 4.79 Å². The average molecular weight is 392 g/mol. The van der Waals surface area contributed by atoms with Crippen LogP contribution in [0.1, 0.15) is 27.9 Å². The molecule has 0 aliphatic rings. The Morgan fingerprint density at radius 1 is 1.35 bits per heavy atom. The lowest BCUT2D eigenvalue weighted by Gasteiger charge is -2.18. The van der Waals surface area contributed by atoms with E-state index in [9.17, 15) is 14.4 Å². The molecule has 0 bridgehead atoms. The molecule has 0 radical (unpaired) electrons. The van der Waals surface area contributed by atoms with Crippen LogP contribution >= 0.6 is 23.4 Å². The zero-order valence-corrected chi connectivity index (χ0v) is 16.6. The number of aryl methyl sites for hydroxylation is 1. The fourth-order valence-corrected chi connectivity index (χ4v) is 3.64. The maximum atomic E-state index is 13.9. The molecule has 0 unspecified atom stereocenters. The zero-order chi connectivity index (χ0) is 19.4. The van der Waals surface area contributed by atoms with E-state index in [1.54, 1.807) is 13.1 Å². The van der Waals surface area contributed by atoms with Gasteiger partial charge in [0, 0.05) is 29.9 Å². The summed E-state index contributed by atoms with van der Waals surface area (Å²) in [5, 5.41) is 10.2. The van der Waals surface area contributed by atoms with Crippen molar-refractivity contribution in [3.05, 3.63) is 57.0 Å². The van der Waals surface area contributed by atoms with Crippen LogP contribution in [0.2, 0.25) is 5.02 Å². The van der Waals surface area contributed by atoms with Gasteiger partial charge in [0.1, 0.15) is 16.9 Å². The molecule has 0 aliphatic carbocycles. The second kappa shape index (κ2) is 8.52. The zero-order valence-electron chi connectivity index (χ0n) is 15.1. The number of hydrogen-bond donors (Lipinski definition) is 0. The highest BCUT2D eigenvalue weighted by Gasteiger charge is 2.17. The number of hydrogen-bond acceptors (Lipinski definition) is 4.